The normalized spacial score (nSPS) is 17.0. The Balaban J connectivity index is 1.27. The van der Waals surface area contributed by atoms with Gasteiger partial charge in [0.15, 0.2) is 0 Å². The second-order valence-electron chi connectivity index (χ2n) is 7.24. The van der Waals surface area contributed by atoms with Gasteiger partial charge in [-0.05, 0) is 30.9 Å². The van der Waals surface area contributed by atoms with Crippen LogP contribution in [0.4, 0.5) is 0 Å². The highest BCUT2D eigenvalue weighted by Crippen LogP contribution is 2.18. The van der Waals surface area contributed by atoms with Gasteiger partial charge in [0.25, 0.3) is 5.91 Å². The number of hydrogen-bond donors (Lipinski definition) is 2. The second kappa shape index (κ2) is 8.24. The SMILES string of the molecule is O=C(NCC1CCCN(C(=O)CCn2cncn2)C1)c1cc2ccccc2[nH]1. The lowest BCUT2D eigenvalue weighted by Gasteiger charge is -2.33. The summed E-state index contributed by atoms with van der Waals surface area (Å²) in [5.41, 5.74) is 1.52. The molecule has 1 aliphatic heterocycles. The molecule has 4 rings (SSSR count). The van der Waals surface area contributed by atoms with Crippen molar-refractivity contribution >= 4 is 22.7 Å². The van der Waals surface area contributed by atoms with E-state index in [1.807, 2.05) is 35.2 Å². The standard InChI is InChI=1S/C20H24N6O2/c27-19(7-9-26-14-21-13-23-26)25-8-3-4-15(12-25)11-22-20(28)18-10-16-5-1-2-6-17(16)24-18/h1-2,5-6,10,13-15,24H,3-4,7-9,11-12H2,(H,22,28). The van der Waals surface area contributed by atoms with Gasteiger partial charge in [0, 0.05) is 37.0 Å². The molecule has 0 saturated carbocycles. The Morgan fingerprint density at radius 2 is 2.18 bits per heavy atom. The molecule has 8 nitrogen and oxygen atoms in total. The highest BCUT2D eigenvalue weighted by atomic mass is 16.2. The molecule has 1 saturated heterocycles. The van der Waals surface area contributed by atoms with Crippen LogP contribution in [0.2, 0.25) is 0 Å². The lowest BCUT2D eigenvalue weighted by atomic mass is 9.97. The molecular formula is C20H24N6O2. The topological polar surface area (TPSA) is 95.9 Å². The van der Waals surface area contributed by atoms with Gasteiger partial charge in [-0.3, -0.25) is 14.3 Å². The number of fused-ring (bicyclic) bond motifs is 1. The first kappa shape index (κ1) is 18.2. The summed E-state index contributed by atoms with van der Waals surface area (Å²) in [6.07, 6.45) is 5.47. The Labute approximate surface area is 162 Å². The predicted octanol–water partition coefficient (Wildman–Crippen LogP) is 1.82. The van der Waals surface area contributed by atoms with Crippen LogP contribution >= 0.6 is 0 Å². The molecule has 2 aromatic heterocycles. The van der Waals surface area contributed by atoms with Gasteiger partial charge < -0.3 is 15.2 Å². The van der Waals surface area contributed by atoms with Crippen LogP contribution in [-0.2, 0) is 11.3 Å². The number of aromatic nitrogens is 4. The zero-order valence-electron chi connectivity index (χ0n) is 15.7. The van der Waals surface area contributed by atoms with Crippen molar-refractivity contribution in [2.75, 3.05) is 19.6 Å². The Hall–Kier alpha value is -3.16. The van der Waals surface area contributed by atoms with Crippen molar-refractivity contribution in [1.82, 2.24) is 30.0 Å². The number of aromatic amines is 1. The first-order valence-corrected chi connectivity index (χ1v) is 9.65. The van der Waals surface area contributed by atoms with Gasteiger partial charge in [-0.2, -0.15) is 5.10 Å². The van der Waals surface area contributed by atoms with E-state index in [-0.39, 0.29) is 17.7 Å². The predicted molar refractivity (Wildman–Crippen MR) is 105 cm³/mol. The summed E-state index contributed by atoms with van der Waals surface area (Å²) >= 11 is 0. The maximum Gasteiger partial charge on any atom is 0.267 e. The Morgan fingerprint density at radius 3 is 3.00 bits per heavy atom. The number of amides is 2. The molecule has 1 aliphatic rings. The Morgan fingerprint density at radius 1 is 1.29 bits per heavy atom. The molecular weight excluding hydrogens is 356 g/mol. The maximum atomic E-state index is 12.5. The van der Waals surface area contributed by atoms with E-state index in [0.29, 0.717) is 31.7 Å². The largest absolute Gasteiger partial charge is 0.351 e. The first-order valence-electron chi connectivity index (χ1n) is 9.65. The quantitative estimate of drug-likeness (QED) is 0.682. The van der Waals surface area contributed by atoms with Crippen LogP contribution in [0.5, 0.6) is 0 Å². The van der Waals surface area contributed by atoms with E-state index in [1.54, 1.807) is 11.0 Å². The molecule has 2 N–H and O–H groups in total. The minimum Gasteiger partial charge on any atom is -0.351 e. The smallest absolute Gasteiger partial charge is 0.267 e. The average molecular weight is 380 g/mol. The second-order valence-corrected chi connectivity index (χ2v) is 7.24. The zero-order chi connectivity index (χ0) is 19.3. The van der Waals surface area contributed by atoms with Gasteiger partial charge in [-0.15, -0.1) is 0 Å². The molecule has 2 amide bonds. The van der Waals surface area contributed by atoms with E-state index in [0.717, 1.165) is 30.3 Å². The summed E-state index contributed by atoms with van der Waals surface area (Å²) in [6, 6.07) is 9.69. The highest BCUT2D eigenvalue weighted by molar-refractivity contribution is 5.97. The highest BCUT2D eigenvalue weighted by Gasteiger charge is 2.24. The fourth-order valence-corrected chi connectivity index (χ4v) is 3.70. The van der Waals surface area contributed by atoms with Crippen molar-refractivity contribution in [3.8, 4) is 0 Å². The van der Waals surface area contributed by atoms with E-state index in [2.05, 4.69) is 20.4 Å². The fourth-order valence-electron chi connectivity index (χ4n) is 3.70. The third kappa shape index (κ3) is 4.21. The van der Waals surface area contributed by atoms with Crippen molar-refractivity contribution in [1.29, 1.82) is 0 Å². The first-order chi connectivity index (χ1) is 13.7. The molecule has 1 atom stereocenters. The molecule has 0 radical (unpaired) electrons. The molecule has 0 bridgehead atoms. The molecule has 0 aliphatic carbocycles. The van der Waals surface area contributed by atoms with Gasteiger partial charge in [0.2, 0.25) is 5.91 Å². The molecule has 146 valence electrons. The summed E-state index contributed by atoms with van der Waals surface area (Å²) in [5.74, 6) is 0.297. The van der Waals surface area contributed by atoms with Crippen LogP contribution in [0.1, 0.15) is 29.8 Å². The number of rotatable bonds is 6. The van der Waals surface area contributed by atoms with Crippen LogP contribution in [0, 0.1) is 5.92 Å². The Bertz CT molecular complexity index is 916. The number of piperidine rings is 1. The van der Waals surface area contributed by atoms with Gasteiger partial charge in [-0.1, -0.05) is 18.2 Å². The monoisotopic (exact) mass is 380 g/mol. The number of nitrogens with zero attached hydrogens (tertiary/aromatic N) is 4. The molecule has 28 heavy (non-hydrogen) atoms. The van der Waals surface area contributed by atoms with Gasteiger partial charge >= 0.3 is 0 Å². The summed E-state index contributed by atoms with van der Waals surface area (Å²) in [5, 5.41) is 8.06. The molecule has 0 spiro atoms. The van der Waals surface area contributed by atoms with Crippen molar-refractivity contribution in [3.63, 3.8) is 0 Å². The summed E-state index contributed by atoms with van der Waals surface area (Å²) in [6.45, 7) is 2.57. The minimum atomic E-state index is -0.106. The zero-order valence-corrected chi connectivity index (χ0v) is 15.7. The number of para-hydroxylation sites is 1. The number of hydrogen-bond acceptors (Lipinski definition) is 4. The third-order valence-electron chi connectivity index (χ3n) is 5.22. The van der Waals surface area contributed by atoms with E-state index in [1.165, 1.54) is 6.33 Å². The number of aryl methyl sites for hydroxylation is 1. The summed E-state index contributed by atoms with van der Waals surface area (Å²) < 4.78 is 1.67. The van der Waals surface area contributed by atoms with E-state index >= 15 is 0 Å². The van der Waals surface area contributed by atoms with E-state index < -0.39 is 0 Å². The molecule has 3 heterocycles. The minimum absolute atomic E-state index is 0.106. The number of benzene rings is 1. The number of carbonyl (C=O) groups excluding carboxylic acids is 2. The van der Waals surface area contributed by atoms with Gasteiger partial charge in [0.1, 0.15) is 18.3 Å². The lowest BCUT2D eigenvalue weighted by molar-refractivity contribution is -0.133. The van der Waals surface area contributed by atoms with Crippen LogP contribution in [0.3, 0.4) is 0 Å². The van der Waals surface area contributed by atoms with Crippen molar-refractivity contribution in [2.45, 2.75) is 25.8 Å². The average Bonchev–Trinajstić information content (AvgIpc) is 3.40. The number of H-pyrrole nitrogens is 1. The molecule has 1 fully saturated rings. The lowest BCUT2D eigenvalue weighted by Crippen LogP contribution is -2.44. The van der Waals surface area contributed by atoms with E-state index in [4.69, 9.17) is 0 Å². The molecule has 3 aromatic rings. The fraction of sp³-hybridized carbons (Fsp3) is 0.400. The van der Waals surface area contributed by atoms with Crippen LogP contribution in [-0.4, -0.2) is 56.1 Å². The maximum absolute atomic E-state index is 12.5. The number of carbonyl (C=O) groups is 2. The van der Waals surface area contributed by atoms with E-state index in [9.17, 15) is 9.59 Å². The third-order valence-corrected chi connectivity index (χ3v) is 5.22. The number of likely N-dealkylation sites (tertiary alicyclic amines) is 1. The van der Waals surface area contributed by atoms with Crippen molar-refractivity contribution < 1.29 is 9.59 Å². The van der Waals surface area contributed by atoms with Crippen LogP contribution < -0.4 is 5.32 Å². The van der Waals surface area contributed by atoms with Gasteiger partial charge in [0.05, 0.1) is 6.54 Å². The number of nitrogens with one attached hydrogen (secondary N) is 2. The molecule has 1 aromatic carbocycles. The van der Waals surface area contributed by atoms with Crippen molar-refractivity contribution in [3.05, 3.63) is 48.7 Å². The summed E-state index contributed by atoms with van der Waals surface area (Å²) in [7, 11) is 0. The summed E-state index contributed by atoms with van der Waals surface area (Å²) in [4.78, 5) is 33.9. The Kier molecular flexibility index (Phi) is 5.36. The van der Waals surface area contributed by atoms with Crippen LogP contribution in [0.25, 0.3) is 10.9 Å². The van der Waals surface area contributed by atoms with Crippen molar-refractivity contribution in [2.24, 2.45) is 5.92 Å². The van der Waals surface area contributed by atoms with Crippen LogP contribution in [0.15, 0.2) is 43.0 Å². The molecule has 8 heteroatoms. The molecule has 1 unspecified atom stereocenters. The van der Waals surface area contributed by atoms with Gasteiger partial charge in [-0.25, -0.2) is 4.98 Å².